The first-order valence-electron chi connectivity index (χ1n) is 4.16. The minimum absolute atomic E-state index is 0.492. The van der Waals surface area contributed by atoms with Crippen LogP contribution >= 0.6 is 15.9 Å². The molecule has 1 fully saturated rings. The van der Waals surface area contributed by atoms with Crippen LogP contribution in [-0.2, 0) is 0 Å². The van der Waals surface area contributed by atoms with E-state index in [1.807, 2.05) is 0 Å². The zero-order valence-electron chi connectivity index (χ0n) is 6.35. The second-order valence-corrected chi connectivity index (χ2v) is 3.98. The number of hydrogen-bond acceptors (Lipinski definition) is 1. The molecule has 0 spiro atoms. The maximum Gasteiger partial charge on any atom is 0.00674 e. The molecule has 1 nitrogen and oxygen atoms in total. The van der Waals surface area contributed by atoms with E-state index in [2.05, 4.69) is 15.9 Å². The maximum absolute atomic E-state index is 5.94. The largest absolute Gasteiger partial charge is 0.327 e. The average molecular weight is 206 g/mol. The molecular weight excluding hydrogens is 190 g/mol. The Morgan fingerprint density at radius 1 is 1.30 bits per heavy atom. The molecule has 0 bridgehead atoms. The van der Waals surface area contributed by atoms with Crippen molar-refractivity contribution in [2.24, 2.45) is 11.7 Å². The van der Waals surface area contributed by atoms with E-state index in [1.54, 1.807) is 0 Å². The van der Waals surface area contributed by atoms with Gasteiger partial charge in [-0.25, -0.2) is 0 Å². The van der Waals surface area contributed by atoms with Gasteiger partial charge in [0.2, 0.25) is 0 Å². The van der Waals surface area contributed by atoms with E-state index in [0.29, 0.717) is 6.04 Å². The third kappa shape index (κ3) is 2.24. The number of nitrogens with two attached hydrogens (primary N) is 1. The molecule has 0 radical (unpaired) electrons. The minimum atomic E-state index is 0.492. The van der Waals surface area contributed by atoms with Gasteiger partial charge in [0.1, 0.15) is 0 Å². The van der Waals surface area contributed by atoms with Crippen LogP contribution in [0.1, 0.15) is 32.1 Å². The molecular formula is C8H16BrN. The SMILES string of the molecule is N[C@@H]1CCCC[C@H]1CCBr. The molecule has 1 aliphatic carbocycles. The van der Waals surface area contributed by atoms with Crippen LogP contribution in [0.5, 0.6) is 0 Å². The summed E-state index contributed by atoms with van der Waals surface area (Å²) in [6.45, 7) is 0. The lowest BCUT2D eigenvalue weighted by molar-refractivity contribution is 0.302. The van der Waals surface area contributed by atoms with Crippen molar-refractivity contribution in [3.05, 3.63) is 0 Å². The smallest absolute Gasteiger partial charge is 0.00674 e. The van der Waals surface area contributed by atoms with Crippen LogP contribution in [-0.4, -0.2) is 11.4 Å². The Kier molecular flexibility index (Phi) is 3.71. The molecule has 1 saturated carbocycles. The molecule has 0 aromatic carbocycles. The zero-order valence-corrected chi connectivity index (χ0v) is 7.94. The fraction of sp³-hybridized carbons (Fsp3) is 1.00. The van der Waals surface area contributed by atoms with E-state index in [1.165, 1.54) is 32.1 Å². The molecule has 0 aromatic rings. The third-order valence-electron chi connectivity index (χ3n) is 2.45. The van der Waals surface area contributed by atoms with Gasteiger partial charge in [-0.1, -0.05) is 28.8 Å². The van der Waals surface area contributed by atoms with Gasteiger partial charge in [-0.2, -0.15) is 0 Å². The molecule has 0 aromatic heterocycles. The molecule has 0 unspecified atom stereocenters. The summed E-state index contributed by atoms with van der Waals surface area (Å²) in [7, 11) is 0. The van der Waals surface area contributed by atoms with Crippen LogP contribution in [0.15, 0.2) is 0 Å². The van der Waals surface area contributed by atoms with Crippen LogP contribution in [0.2, 0.25) is 0 Å². The highest BCUT2D eigenvalue weighted by Crippen LogP contribution is 2.25. The monoisotopic (exact) mass is 205 g/mol. The molecule has 2 heteroatoms. The highest BCUT2D eigenvalue weighted by atomic mass is 79.9. The fourth-order valence-electron chi connectivity index (χ4n) is 1.73. The van der Waals surface area contributed by atoms with Crippen molar-refractivity contribution in [2.75, 3.05) is 5.33 Å². The molecule has 1 aliphatic rings. The molecule has 1 rings (SSSR count). The van der Waals surface area contributed by atoms with Gasteiger partial charge in [0.05, 0.1) is 0 Å². The van der Waals surface area contributed by atoms with E-state index in [9.17, 15) is 0 Å². The standard InChI is InChI=1S/C8H16BrN/c9-6-5-7-3-1-2-4-8(7)10/h7-8H,1-6,10H2/t7-,8+/m0/s1. The normalized spacial score (nSPS) is 34.2. The number of alkyl halides is 1. The minimum Gasteiger partial charge on any atom is -0.327 e. The van der Waals surface area contributed by atoms with Gasteiger partial charge < -0.3 is 5.73 Å². The van der Waals surface area contributed by atoms with Crippen LogP contribution in [0, 0.1) is 5.92 Å². The Balaban J connectivity index is 2.25. The number of halogens is 1. The molecule has 0 aliphatic heterocycles. The van der Waals surface area contributed by atoms with Crippen LogP contribution < -0.4 is 5.73 Å². The van der Waals surface area contributed by atoms with Crippen molar-refractivity contribution in [2.45, 2.75) is 38.1 Å². The summed E-state index contributed by atoms with van der Waals surface area (Å²) in [5, 5.41) is 1.12. The van der Waals surface area contributed by atoms with Crippen molar-refractivity contribution >= 4 is 15.9 Å². The third-order valence-corrected chi connectivity index (χ3v) is 2.91. The van der Waals surface area contributed by atoms with Gasteiger partial charge in [-0.15, -0.1) is 0 Å². The highest BCUT2D eigenvalue weighted by Gasteiger charge is 2.20. The van der Waals surface area contributed by atoms with Gasteiger partial charge in [0, 0.05) is 11.4 Å². The van der Waals surface area contributed by atoms with E-state index in [4.69, 9.17) is 5.73 Å². The first-order chi connectivity index (χ1) is 4.84. The lowest BCUT2D eigenvalue weighted by Crippen LogP contribution is -2.33. The maximum atomic E-state index is 5.94. The summed E-state index contributed by atoms with van der Waals surface area (Å²) < 4.78 is 0. The van der Waals surface area contributed by atoms with Crippen LogP contribution in [0.4, 0.5) is 0 Å². The zero-order chi connectivity index (χ0) is 7.40. The molecule has 0 amide bonds. The molecule has 2 N–H and O–H groups in total. The Labute approximate surface area is 71.5 Å². The van der Waals surface area contributed by atoms with E-state index < -0.39 is 0 Å². The summed E-state index contributed by atoms with van der Waals surface area (Å²) in [6, 6.07) is 0.492. The highest BCUT2D eigenvalue weighted by molar-refractivity contribution is 9.09. The van der Waals surface area contributed by atoms with Crippen molar-refractivity contribution in [1.29, 1.82) is 0 Å². The Morgan fingerprint density at radius 3 is 2.60 bits per heavy atom. The molecule has 0 heterocycles. The fourth-order valence-corrected chi connectivity index (χ4v) is 2.32. The molecule has 0 saturated heterocycles. The number of rotatable bonds is 2. The first kappa shape index (κ1) is 8.54. The van der Waals surface area contributed by atoms with Gasteiger partial charge >= 0.3 is 0 Å². The van der Waals surface area contributed by atoms with Crippen molar-refractivity contribution in [1.82, 2.24) is 0 Å². The average Bonchev–Trinajstić information content (AvgIpc) is 1.94. The van der Waals surface area contributed by atoms with E-state index in [0.717, 1.165) is 11.2 Å². The second kappa shape index (κ2) is 4.35. The lowest BCUT2D eigenvalue weighted by atomic mass is 9.83. The van der Waals surface area contributed by atoms with Gasteiger partial charge in [-0.3, -0.25) is 0 Å². The van der Waals surface area contributed by atoms with Crippen molar-refractivity contribution in [3.8, 4) is 0 Å². The van der Waals surface area contributed by atoms with E-state index >= 15 is 0 Å². The van der Waals surface area contributed by atoms with Gasteiger partial charge in [0.15, 0.2) is 0 Å². The topological polar surface area (TPSA) is 26.0 Å². The quantitative estimate of drug-likeness (QED) is 0.689. The van der Waals surface area contributed by atoms with Crippen molar-refractivity contribution in [3.63, 3.8) is 0 Å². The second-order valence-electron chi connectivity index (χ2n) is 3.19. The van der Waals surface area contributed by atoms with E-state index in [-0.39, 0.29) is 0 Å². The van der Waals surface area contributed by atoms with Crippen molar-refractivity contribution < 1.29 is 0 Å². The summed E-state index contributed by atoms with van der Waals surface area (Å²) in [6.07, 6.45) is 6.61. The predicted octanol–water partition coefficient (Wildman–Crippen LogP) is 2.29. The Hall–Kier alpha value is 0.440. The molecule has 60 valence electrons. The predicted molar refractivity (Wildman–Crippen MR) is 48.3 cm³/mol. The lowest BCUT2D eigenvalue weighted by Gasteiger charge is -2.27. The summed E-state index contributed by atoms with van der Waals surface area (Å²) in [5.74, 6) is 0.799. The summed E-state index contributed by atoms with van der Waals surface area (Å²) in [4.78, 5) is 0. The summed E-state index contributed by atoms with van der Waals surface area (Å²) in [5.41, 5.74) is 5.94. The summed E-state index contributed by atoms with van der Waals surface area (Å²) >= 11 is 3.46. The Bertz CT molecular complexity index is 93.3. The molecule has 2 atom stereocenters. The van der Waals surface area contributed by atoms with Crippen LogP contribution in [0.3, 0.4) is 0 Å². The molecule has 10 heavy (non-hydrogen) atoms. The van der Waals surface area contributed by atoms with Gasteiger partial charge in [0.25, 0.3) is 0 Å². The van der Waals surface area contributed by atoms with Gasteiger partial charge in [-0.05, 0) is 25.2 Å². The first-order valence-corrected chi connectivity index (χ1v) is 5.28. The van der Waals surface area contributed by atoms with Crippen LogP contribution in [0.25, 0.3) is 0 Å². The number of hydrogen-bond donors (Lipinski definition) is 1. The Morgan fingerprint density at radius 2 is 2.00 bits per heavy atom.